The van der Waals surface area contributed by atoms with Crippen LogP contribution in [0.5, 0.6) is 0 Å². The first-order chi connectivity index (χ1) is 15.3. The van der Waals surface area contributed by atoms with Gasteiger partial charge in [0.15, 0.2) is 0 Å². The molecular weight excluding hydrogens is 422 g/mol. The number of esters is 1. The third-order valence-corrected chi connectivity index (χ3v) is 6.08. The molecule has 3 aromatic rings. The molecule has 7 heteroatoms. The smallest absolute Gasteiger partial charge is 0.341 e. The first-order valence-electron chi connectivity index (χ1n) is 10.3. The maximum Gasteiger partial charge on any atom is 0.341 e. The van der Waals surface area contributed by atoms with E-state index in [-0.39, 0.29) is 18.4 Å². The van der Waals surface area contributed by atoms with Crippen molar-refractivity contribution in [2.24, 2.45) is 5.92 Å². The first-order valence-corrected chi connectivity index (χ1v) is 11.1. The van der Waals surface area contributed by atoms with Crippen molar-refractivity contribution < 1.29 is 14.3 Å². The van der Waals surface area contributed by atoms with Crippen LogP contribution in [0.15, 0.2) is 48.5 Å². The van der Waals surface area contributed by atoms with Gasteiger partial charge in [-0.1, -0.05) is 49.4 Å². The minimum absolute atomic E-state index is 0.223. The molecule has 3 rings (SSSR count). The van der Waals surface area contributed by atoms with E-state index in [0.717, 1.165) is 16.7 Å². The van der Waals surface area contributed by atoms with Gasteiger partial charge in [-0.3, -0.25) is 4.79 Å². The molecule has 1 unspecified atom stereocenters. The van der Waals surface area contributed by atoms with Crippen LogP contribution in [0.25, 0.3) is 11.1 Å². The summed E-state index contributed by atoms with van der Waals surface area (Å²) in [4.78, 5) is 25.8. The Hall–Kier alpha value is -3.63. The minimum atomic E-state index is -0.492. The van der Waals surface area contributed by atoms with Gasteiger partial charge in [0.25, 0.3) is 0 Å². The number of rotatable bonds is 7. The molecule has 0 aliphatic rings. The van der Waals surface area contributed by atoms with Gasteiger partial charge in [-0.15, -0.1) is 11.3 Å². The number of nitriles is 1. The van der Waals surface area contributed by atoms with E-state index in [1.54, 1.807) is 19.9 Å². The van der Waals surface area contributed by atoms with Gasteiger partial charge in [0.1, 0.15) is 5.00 Å². The SMILES string of the molecule is CCOC(=O)c1c(C)sc(N)c1NC(=O)C(C)Cc1ccc(-c2ccccc2C#N)cc1. The van der Waals surface area contributed by atoms with Crippen LogP contribution in [0.4, 0.5) is 10.7 Å². The number of benzene rings is 2. The van der Waals surface area contributed by atoms with E-state index in [1.165, 1.54) is 11.3 Å². The van der Waals surface area contributed by atoms with Crippen LogP contribution < -0.4 is 11.1 Å². The number of ether oxygens (including phenoxy) is 1. The minimum Gasteiger partial charge on any atom is -0.462 e. The molecule has 32 heavy (non-hydrogen) atoms. The monoisotopic (exact) mass is 447 g/mol. The van der Waals surface area contributed by atoms with Gasteiger partial charge in [0.05, 0.1) is 29.5 Å². The average Bonchev–Trinajstić information content (AvgIpc) is 3.07. The lowest BCUT2D eigenvalue weighted by atomic mass is 9.96. The van der Waals surface area contributed by atoms with E-state index in [1.807, 2.05) is 49.4 Å². The quantitative estimate of drug-likeness (QED) is 0.486. The average molecular weight is 448 g/mol. The second kappa shape index (κ2) is 10.1. The first kappa shape index (κ1) is 23.0. The van der Waals surface area contributed by atoms with E-state index in [4.69, 9.17) is 10.5 Å². The lowest BCUT2D eigenvalue weighted by Crippen LogP contribution is -2.23. The number of thiophene rings is 1. The largest absolute Gasteiger partial charge is 0.462 e. The molecule has 0 radical (unpaired) electrons. The van der Waals surface area contributed by atoms with E-state index in [0.29, 0.717) is 33.1 Å². The molecule has 3 N–H and O–H groups in total. The predicted molar refractivity (Wildman–Crippen MR) is 128 cm³/mol. The molecule has 0 aliphatic carbocycles. The van der Waals surface area contributed by atoms with Crippen LogP contribution in [-0.4, -0.2) is 18.5 Å². The van der Waals surface area contributed by atoms with Gasteiger partial charge < -0.3 is 15.8 Å². The van der Waals surface area contributed by atoms with Gasteiger partial charge in [-0.2, -0.15) is 5.26 Å². The summed E-state index contributed by atoms with van der Waals surface area (Å²) in [5.74, 6) is -1.06. The van der Waals surface area contributed by atoms with Crippen LogP contribution >= 0.6 is 11.3 Å². The number of hydrogen-bond donors (Lipinski definition) is 2. The van der Waals surface area contributed by atoms with Gasteiger partial charge >= 0.3 is 5.97 Å². The van der Waals surface area contributed by atoms with Crippen molar-refractivity contribution in [2.75, 3.05) is 17.7 Å². The molecule has 0 bridgehead atoms. The third-order valence-electron chi connectivity index (χ3n) is 5.14. The predicted octanol–water partition coefficient (Wildman–Crippen LogP) is 5.17. The Morgan fingerprint density at radius 3 is 2.53 bits per heavy atom. The summed E-state index contributed by atoms with van der Waals surface area (Å²) in [5, 5.41) is 12.5. The number of nitrogens with two attached hydrogens (primary N) is 1. The summed E-state index contributed by atoms with van der Waals surface area (Å²) >= 11 is 1.25. The molecule has 0 spiro atoms. The van der Waals surface area contributed by atoms with Crippen LogP contribution in [0.3, 0.4) is 0 Å². The van der Waals surface area contributed by atoms with E-state index in [9.17, 15) is 14.9 Å². The van der Waals surface area contributed by atoms with Crippen molar-refractivity contribution in [2.45, 2.75) is 27.2 Å². The molecule has 0 saturated carbocycles. The summed E-state index contributed by atoms with van der Waals surface area (Å²) in [6, 6.07) is 17.5. The fraction of sp³-hybridized carbons (Fsp3) is 0.240. The fourth-order valence-electron chi connectivity index (χ4n) is 3.48. The normalized spacial score (nSPS) is 11.4. The van der Waals surface area contributed by atoms with Gasteiger partial charge in [-0.25, -0.2) is 4.79 Å². The van der Waals surface area contributed by atoms with Crippen molar-refractivity contribution in [3.63, 3.8) is 0 Å². The molecule has 164 valence electrons. The number of anilines is 2. The molecule has 1 aromatic heterocycles. The van der Waals surface area contributed by atoms with E-state index in [2.05, 4.69) is 11.4 Å². The summed E-state index contributed by atoms with van der Waals surface area (Å²) in [6.45, 7) is 5.58. The standard InChI is InChI=1S/C25H25N3O3S/c1-4-31-25(30)21-16(3)32-23(27)22(21)28-24(29)15(2)13-17-9-11-18(12-10-17)20-8-6-5-7-19(20)14-26/h5-12,15H,4,13,27H2,1-3H3,(H,28,29). The van der Waals surface area contributed by atoms with Gasteiger partial charge in [0.2, 0.25) is 5.91 Å². The van der Waals surface area contributed by atoms with Crippen LogP contribution in [0, 0.1) is 24.2 Å². The molecule has 2 aromatic carbocycles. The summed E-state index contributed by atoms with van der Waals surface area (Å²) in [7, 11) is 0. The Labute approximate surface area is 191 Å². The van der Waals surface area contributed by atoms with Crippen molar-refractivity contribution in [3.05, 3.63) is 70.1 Å². The molecule has 1 heterocycles. The highest BCUT2D eigenvalue weighted by molar-refractivity contribution is 7.17. The Kier molecular flexibility index (Phi) is 7.29. The number of nitrogen functional groups attached to an aromatic ring is 1. The van der Waals surface area contributed by atoms with Gasteiger partial charge in [-0.05, 0) is 43.0 Å². The van der Waals surface area contributed by atoms with Crippen molar-refractivity contribution in [1.82, 2.24) is 0 Å². The van der Waals surface area contributed by atoms with Crippen LogP contribution in [0.2, 0.25) is 0 Å². The number of aryl methyl sites for hydroxylation is 1. The number of nitrogens with zero attached hydrogens (tertiary/aromatic N) is 1. The zero-order valence-electron chi connectivity index (χ0n) is 18.3. The fourth-order valence-corrected chi connectivity index (χ4v) is 4.36. The second-order valence-electron chi connectivity index (χ2n) is 7.44. The zero-order valence-corrected chi connectivity index (χ0v) is 19.1. The Bertz CT molecular complexity index is 1180. The highest BCUT2D eigenvalue weighted by Gasteiger charge is 2.24. The Morgan fingerprint density at radius 2 is 1.88 bits per heavy atom. The lowest BCUT2D eigenvalue weighted by molar-refractivity contribution is -0.119. The third kappa shape index (κ3) is 4.98. The summed E-state index contributed by atoms with van der Waals surface area (Å²) in [5.41, 5.74) is 10.1. The number of hydrogen-bond acceptors (Lipinski definition) is 6. The number of amides is 1. The zero-order chi connectivity index (χ0) is 23.3. The molecule has 0 saturated heterocycles. The lowest BCUT2D eigenvalue weighted by Gasteiger charge is -2.14. The molecule has 6 nitrogen and oxygen atoms in total. The van der Waals surface area contributed by atoms with Crippen molar-refractivity contribution >= 4 is 33.9 Å². The maximum absolute atomic E-state index is 12.8. The highest BCUT2D eigenvalue weighted by atomic mass is 32.1. The molecule has 1 amide bonds. The maximum atomic E-state index is 12.8. The van der Waals surface area contributed by atoms with Crippen LogP contribution in [0.1, 0.15) is 40.2 Å². The number of carbonyl (C=O) groups is 2. The second-order valence-corrected chi connectivity index (χ2v) is 8.70. The van der Waals surface area contributed by atoms with Crippen molar-refractivity contribution in [1.29, 1.82) is 5.26 Å². The summed E-state index contributed by atoms with van der Waals surface area (Å²) < 4.78 is 5.11. The number of carbonyl (C=O) groups excluding carboxylic acids is 2. The molecule has 0 fully saturated rings. The molecule has 0 aliphatic heterocycles. The Balaban J connectivity index is 1.72. The van der Waals surface area contributed by atoms with E-state index >= 15 is 0 Å². The summed E-state index contributed by atoms with van der Waals surface area (Å²) in [6.07, 6.45) is 0.518. The van der Waals surface area contributed by atoms with Crippen LogP contribution in [-0.2, 0) is 16.0 Å². The highest BCUT2D eigenvalue weighted by Crippen LogP contribution is 2.36. The van der Waals surface area contributed by atoms with E-state index < -0.39 is 5.97 Å². The van der Waals surface area contributed by atoms with Gasteiger partial charge in [0, 0.05) is 10.8 Å². The van der Waals surface area contributed by atoms with Crippen molar-refractivity contribution in [3.8, 4) is 17.2 Å². The topological polar surface area (TPSA) is 105 Å². The Morgan fingerprint density at radius 1 is 1.19 bits per heavy atom. The molecular formula is C25H25N3O3S. The molecule has 1 atom stereocenters. The number of nitrogens with one attached hydrogen (secondary N) is 1.